The van der Waals surface area contributed by atoms with Crippen molar-refractivity contribution in [1.29, 1.82) is 5.41 Å². The van der Waals surface area contributed by atoms with Crippen LogP contribution in [0.3, 0.4) is 0 Å². The van der Waals surface area contributed by atoms with E-state index < -0.39 is 0 Å². The van der Waals surface area contributed by atoms with Crippen LogP contribution in [0.15, 0.2) is 30.3 Å². The highest BCUT2D eigenvalue weighted by Crippen LogP contribution is 2.05. The number of nitrogens with zero attached hydrogens (tertiary/aromatic N) is 1. The Kier molecular flexibility index (Phi) is 5.51. The first-order valence-corrected chi connectivity index (χ1v) is 5.79. The van der Waals surface area contributed by atoms with E-state index in [4.69, 9.17) is 5.41 Å². The summed E-state index contributed by atoms with van der Waals surface area (Å²) in [7, 11) is 0. The summed E-state index contributed by atoms with van der Waals surface area (Å²) in [6.45, 7) is 7.50. The van der Waals surface area contributed by atoms with Gasteiger partial charge in [-0.1, -0.05) is 44.2 Å². The minimum absolute atomic E-state index is 0.949. The summed E-state index contributed by atoms with van der Waals surface area (Å²) < 4.78 is 0. The highest BCUT2D eigenvalue weighted by Gasteiger charge is 1.94. The molecule has 0 fully saturated rings. The fourth-order valence-corrected chi connectivity index (χ4v) is 1.57. The van der Waals surface area contributed by atoms with Crippen LogP contribution in [-0.2, 0) is 0 Å². The summed E-state index contributed by atoms with van der Waals surface area (Å²) in [4.78, 5) is 2.36. The molecule has 1 aromatic carbocycles. The Morgan fingerprint density at radius 3 is 2.50 bits per heavy atom. The molecule has 1 aromatic rings. The zero-order chi connectivity index (χ0) is 11.8. The van der Waals surface area contributed by atoms with E-state index in [1.54, 1.807) is 0 Å². The number of rotatable bonds is 6. The number of likely N-dealkylation sites (N-methyl/N-ethyl adjacent to an activating group) is 1. The van der Waals surface area contributed by atoms with E-state index in [1.165, 1.54) is 6.21 Å². The molecular weight excluding hydrogens is 196 g/mol. The van der Waals surface area contributed by atoms with Crippen LogP contribution in [0.25, 0.3) is 6.08 Å². The van der Waals surface area contributed by atoms with Crippen molar-refractivity contribution in [2.75, 3.05) is 19.6 Å². The van der Waals surface area contributed by atoms with Crippen molar-refractivity contribution in [3.8, 4) is 0 Å². The second-order valence-corrected chi connectivity index (χ2v) is 3.70. The van der Waals surface area contributed by atoms with E-state index in [2.05, 4.69) is 37.0 Å². The Morgan fingerprint density at radius 1 is 1.19 bits per heavy atom. The Balaban J connectivity index is 2.58. The SMILES string of the molecule is CCN(CC)C/C=C/c1cccc(C=N)c1. The van der Waals surface area contributed by atoms with Crippen molar-refractivity contribution in [3.05, 3.63) is 41.5 Å². The van der Waals surface area contributed by atoms with Crippen LogP contribution < -0.4 is 0 Å². The lowest BCUT2D eigenvalue weighted by Gasteiger charge is -2.14. The molecule has 0 heterocycles. The van der Waals surface area contributed by atoms with Crippen LogP contribution in [0.4, 0.5) is 0 Å². The third kappa shape index (κ3) is 3.99. The Morgan fingerprint density at radius 2 is 1.88 bits per heavy atom. The maximum absolute atomic E-state index is 7.19. The molecule has 2 nitrogen and oxygen atoms in total. The van der Waals surface area contributed by atoms with Crippen LogP contribution in [0.1, 0.15) is 25.0 Å². The molecule has 0 atom stereocenters. The van der Waals surface area contributed by atoms with Crippen molar-refractivity contribution >= 4 is 12.3 Å². The van der Waals surface area contributed by atoms with Crippen molar-refractivity contribution < 1.29 is 0 Å². The highest BCUT2D eigenvalue weighted by molar-refractivity contribution is 5.78. The van der Waals surface area contributed by atoms with Crippen LogP contribution in [0, 0.1) is 5.41 Å². The van der Waals surface area contributed by atoms with Crippen LogP contribution in [0.5, 0.6) is 0 Å². The van der Waals surface area contributed by atoms with Gasteiger partial charge in [0.25, 0.3) is 0 Å². The van der Waals surface area contributed by atoms with Crippen LogP contribution in [-0.4, -0.2) is 30.7 Å². The first-order valence-electron chi connectivity index (χ1n) is 5.79. The molecule has 2 heteroatoms. The quantitative estimate of drug-likeness (QED) is 0.727. The number of hydrogen-bond donors (Lipinski definition) is 1. The topological polar surface area (TPSA) is 27.1 Å². The van der Waals surface area contributed by atoms with E-state index in [0.717, 1.165) is 30.8 Å². The number of hydrogen-bond acceptors (Lipinski definition) is 2. The smallest absolute Gasteiger partial charge is 0.0250 e. The summed E-state index contributed by atoms with van der Waals surface area (Å²) in [5.41, 5.74) is 2.11. The average molecular weight is 216 g/mol. The maximum atomic E-state index is 7.19. The molecule has 0 unspecified atom stereocenters. The van der Waals surface area contributed by atoms with Gasteiger partial charge in [0.1, 0.15) is 0 Å². The van der Waals surface area contributed by atoms with Gasteiger partial charge < -0.3 is 10.3 Å². The molecule has 0 aliphatic carbocycles. The maximum Gasteiger partial charge on any atom is 0.0250 e. The summed E-state index contributed by atoms with van der Waals surface area (Å²) in [6, 6.07) is 8.00. The first-order chi connectivity index (χ1) is 7.80. The predicted octanol–water partition coefficient (Wildman–Crippen LogP) is 3.04. The van der Waals surface area contributed by atoms with Gasteiger partial charge in [0.15, 0.2) is 0 Å². The Hall–Kier alpha value is -1.41. The van der Waals surface area contributed by atoms with Gasteiger partial charge in [-0.25, -0.2) is 0 Å². The van der Waals surface area contributed by atoms with Crippen molar-refractivity contribution in [2.45, 2.75) is 13.8 Å². The molecule has 0 spiro atoms. The summed E-state index contributed by atoms with van der Waals surface area (Å²) in [6.07, 6.45) is 5.67. The molecular formula is C14H20N2. The Bertz CT molecular complexity index is 352. The molecule has 0 saturated carbocycles. The van der Waals surface area contributed by atoms with Crippen molar-refractivity contribution in [1.82, 2.24) is 4.90 Å². The lowest BCUT2D eigenvalue weighted by molar-refractivity contribution is 0.338. The van der Waals surface area contributed by atoms with E-state index in [1.807, 2.05) is 18.2 Å². The summed E-state index contributed by atoms with van der Waals surface area (Å²) >= 11 is 0. The second-order valence-electron chi connectivity index (χ2n) is 3.70. The zero-order valence-electron chi connectivity index (χ0n) is 10.1. The average Bonchev–Trinajstić information content (AvgIpc) is 2.35. The van der Waals surface area contributed by atoms with Gasteiger partial charge in [-0.2, -0.15) is 0 Å². The minimum Gasteiger partial charge on any atom is -0.308 e. The molecule has 16 heavy (non-hydrogen) atoms. The number of nitrogens with one attached hydrogen (secondary N) is 1. The molecule has 0 saturated heterocycles. The van der Waals surface area contributed by atoms with Crippen molar-refractivity contribution in [2.24, 2.45) is 0 Å². The molecule has 86 valence electrons. The van der Waals surface area contributed by atoms with Crippen LogP contribution in [0.2, 0.25) is 0 Å². The van der Waals surface area contributed by atoms with E-state index in [-0.39, 0.29) is 0 Å². The minimum atomic E-state index is 0.949. The van der Waals surface area contributed by atoms with Gasteiger partial charge in [-0.3, -0.25) is 0 Å². The zero-order valence-corrected chi connectivity index (χ0v) is 10.1. The monoisotopic (exact) mass is 216 g/mol. The van der Waals surface area contributed by atoms with Crippen molar-refractivity contribution in [3.63, 3.8) is 0 Å². The molecule has 1 rings (SSSR count). The van der Waals surface area contributed by atoms with Gasteiger partial charge in [0.2, 0.25) is 0 Å². The lowest BCUT2D eigenvalue weighted by atomic mass is 10.1. The van der Waals surface area contributed by atoms with Gasteiger partial charge in [0.05, 0.1) is 0 Å². The predicted molar refractivity (Wildman–Crippen MR) is 71.1 cm³/mol. The van der Waals surface area contributed by atoms with Gasteiger partial charge in [-0.05, 0) is 30.3 Å². The summed E-state index contributed by atoms with van der Waals surface area (Å²) in [5, 5.41) is 7.19. The molecule has 0 aliphatic heterocycles. The molecule has 0 aliphatic rings. The standard InChI is InChI=1S/C14H20N2/c1-3-16(4-2)10-6-9-13-7-5-8-14(11-13)12-15/h5-9,11-12,15H,3-4,10H2,1-2H3/b9-6+,15-12?. The second kappa shape index (κ2) is 6.96. The highest BCUT2D eigenvalue weighted by atomic mass is 15.1. The van der Waals surface area contributed by atoms with E-state index >= 15 is 0 Å². The van der Waals surface area contributed by atoms with Crippen LogP contribution >= 0.6 is 0 Å². The lowest BCUT2D eigenvalue weighted by Crippen LogP contribution is -2.22. The largest absolute Gasteiger partial charge is 0.308 e. The molecule has 0 radical (unpaired) electrons. The molecule has 0 bridgehead atoms. The molecule has 0 aromatic heterocycles. The molecule has 1 N–H and O–H groups in total. The number of benzene rings is 1. The van der Waals surface area contributed by atoms with Gasteiger partial charge in [0, 0.05) is 12.8 Å². The third-order valence-corrected chi connectivity index (χ3v) is 2.65. The van der Waals surface area contributed by atoms with Gasteiger partial charge >= 0.3 is 0 Å². The fraction of sp³-hybridized carbons (Fsp3) is 0.357. The van der Waals surface area contributed by atoms with E-state index in [0.29, 0.717) is 0 Å². The first kappa shape index (κ1) is 12.7. The fourth-order valence-electron chi connectivity index (χ4n) is 1.57. The molecule has 0 amide bonds. The normalized spacial score (nSPS) is 11.2. The van der Waals surface area contributed by atoms with E-state index in [9.17, 15) is 0 Å². The summed E-state index contributed by atoms with van der Waals surface area (Å²) in [5.74, 6) is 0. The third-order valence-electron chi connectivity index (χ3n) is 2.65. The van der Waals surface area contributed by atoms with Gasteiger partial charge in [-0.15, -0.1) is 0 Å². The Labute approximate surface area is 98.1 Å².